The van der Waals surface area contributed by atoms with Crippen molar-refractivity contribution >= 4 is 29.2 Å². The molecule has 2 aromatic heterocycles. The predicted octanol–water partition coefficient (Wildman–Crippen LogP) is 6.63. The molecule has 0 radical (unpaired) electrons. The molecule has 0 amide bonds. The number of benzene rings is 2. The molecule has 8 nitrogen and oxygen atoms in total. The molecule has 10 heteroatoms. The highest BCUT2D eigenvalue weighted by Gasteiger charge is 2.24. The second-order valence-electron chi connectivity index (χ2n) is 7.56. The van der Waals surface area contributed by atoms with E-state index in [1.165, 1.54) is 24.3 Å². The van der Waals surface area contributed by atoms with E-state index in [-0.39, 0.29) is 29.8 Å². The number of rotatable bonds is 8. The maximum Gasteiger partial charge on any atom is 0.335 e. The summed E-state index contributed by atoms with van der Waals surface area (Å²) >= 11 is 12.8. The number of halogens is 2. The van der Waals surface area contributed by atoms with Crippen molar-refractivity contribution in [2.75, 3.05) is 0 Å². The first-order valence-corrected chi connectivity index (χ1v) is 11.0. The highest BCUT2D eigenvalue weighted by atomic mass is 35.5. The van der Waals surface area contributed by atoms with Crippen LogP contribution in [-0.4, -0.2) is 26.4 Å². The van der Waals surface area contributed by atoms with E-state index in [0.29, 0.717) is 38.4 Å². The molecule has 0 aliphatic rings. The fourth-order valence-corrected chi connectivity index (χ4v) is 3.78. The van der Waals surface area contributed by atoms with Crippen LogP contribution in [-0.2, 0) is 6.61 Å². The van der Waals surface area contributed by atoms with Gasteiger partial charge in [0.25, 0.3) is 0 Å². The van der Waals surface area contributed by atoms with Gasteiger partial charge >= 0.3 is 5.97 Å². The minimum atomic E-state index is -1.01. The minimum Gasteiger partial charge on any atom is -0.478 e. The number of aromatic carboxylic acids is 1. The zero-order chi connectivity index (χ0) is 24.2. The highest BCUT2D eigenvalue weighted by Crippen LogP contribution is 2.38. The molecule has 0 fully saturated rings. The van der Waals surface area contributed by atoms with Gasteiger partial charge < -0.3 is 19.1 Å². The number of carbonyl (C=O) groups is 1. The summed E-state index contributed by atoms with van der Waals surface area (Å²) in [4.78, 5) is 10.9. The molecule has 4 rings (SSSR count). The molecule has 4 aromatic rings. The number of hydrogen-bond donors (Lipinski definition) is 1. The average Bonchev–Trinajstić information content (AvgIpc) is 3.23. The maximum absolute atomic E-state index is 10.9. The SMILES string of the molecule is CC(C)c1onc(-c2c(Cl)cccc2Cl)c1COc1ccc(Oc2ccc(C(=O)O)cc2)nn1. The lowest BCUT2D eigenvalue weighted by Gasteiger charge is -2.10. The zero-order valence-corrected chi connectivity index (χ0v) is 19.7. The molecular formula is C24H19Cl2N3O5. The van der Waals surface area contributed by atoms with E-state index in [4.69, 9.17) is 42.3 Å². The van der Waals surface area contributed by atoms with Crippen molar-refractivity contribution in [3.8, 4) is 28.8 Å². The fourth-order valence-electron chi connectivity index (χ4n) is 3.21. The Bertz CT molecular complexity index is 1290. The zero-order valence-electron chi connectivity index (χ0n) is 18.2. The van der Waals surface area contributed by atoms with E-state index in [2.05, 4.69) is 15.4 Å². The van der Waals surface area contributed by atoms with Crippen LogP contribution >= 0.6 is 23.2 Å². The van der Waals surface area contributed by atoms with E-state index in [1.54, 1.807) is 30.3 Å². The monoisotopic (exact) mass is 499 g/mol. The Morgan fingerprint density at radius 2 is 1.65 bits per heavy atom. The van der Waals surface area contributed by atoms with E-state index < -0.39 is 5.97 Å². The number of ether oxygens (including phenoxy) is 2. The van der Waals surface area contributed by atoms with Gasteiger partial charge in [0.05, 0.1) is 21.2 Å². The maximum atomic E-state index is 10.9. The van der Waals surface area contributed by atoms with Gasteiger partial charge in [0, 0.05) is 23.6 Å². The summed E-state index contributed by atoms with van der Waals surface area (Å²) < 4.78 is 17.0. The Morgan fingerprint density at radius 1 is 1.00 bits per heavy atom. The molecule has 0 spiro atoms. The van der Waals surface area contributed by atoms with E-state index in [0.717, 1.165) is 0 Å². The molecule has 0 bridgehead atoms. The molecule has 174 valence electrons. The van der Waals surface area contributed by atoms with Crippen LogP contribution in [0.3, 0.4) is 0 Å². The lowest BCUT2D eigenvalue weighted by atomic mass is 10.0. The normalized spacial score (nSPS) is 11.0. The summed E-state index contributed by atoms with van der Waals surface area (Å²) in [5.74, 6) is 0.619. The molecule has 2 heterocycles. The molecule has 2 aromatic carbocycles. The molecule has 0 atom stereocenters. The van der Waals surface area contributed by atoms with Crippen molar-refractivity contribution in [3.05, 3.63) is 81.5 Å². The Balaban J connectivity index is 1.50. The molecular weight excluding hydrogens is 481 g/mol. The second-order valence-corrected chi connectivity index (χ2v) is 8.37. The predicted molar refractivity (Wildman–Crippen MR) is 126 cm³/mol. The molecule has 0 unspecified atom stereocenters. The third-order valence-corrected chi connectivity index (χ3v) is 5.48. The highest BCUT2D eigenvalue weighted by molar-refractivity contribution is 6.39. The number of hydrogen-bond acceptors (Lipinski definition) is 7. The van der Waals surface area contributed by atoms with Gasteiger partial charge in [-0.25, -0.2) is 4.79 Å². The smallest absolute Gasteiger partial charge is 0.335 e. The van der Waals surface area contributed by atoms with Crippen LogP contribution in [0.25, 0.3) is 11.3 Å². The first kappa shape index (κ1) is 23.5. The molecule has 0 aliphatic heterocycles. The van der Waals surface area contributed by atoms with Crippen LogP contribution in [0.15, 0.2) is 59.1 Å². The molecule has 0 saturated heterocycles. The third-order valence-electron chi connectivity index (χ3n) is 4.85. The van der Waals surface area contributed by atoms with E-state index in [1.807, 2.05) is 13.8 Å². The second kappa shape index (κ2) is 10.1. The molecule has 0 aliphatic carbocycles. The average molecular weight is 500 g/mol. The summed E-state index contributed by atoms with van der Waals surface area (Å²) in [7, 11) is 0. The third kappa shape index (κ3) is 5.13. The largest absolute Gasteiger partial charge is 0.478 e. The lowest BCUT2D eigenvalue weighted by molar-refractivity contribution is 0.0697. The summed E-state index contributed by atoms with van der Waals surface area (Å²) in [5.41, 5.74) is 1.96. The summed E-state index contributed by atoms with van der Waals surface area (Å²) in [6.07, 6.45) is 0. The van der Waals surface area contributed by atoms with Crippen molar-refractivity contribution in [1.29, 1.82) is 0 Å². The number of aromatic nitrogens is 3. The van der Waals surface area contributed by atoms with Crippen molar-refractivity contribution in [3.63, 3.8) is 0 Å². The number of nitrogens with zero attached hydrogens (tertiary/aromatic N) is 3. The number of carboxylic acid groups (broad SMARTS) is 1. The van der Waals surface area contributed by atoms with Crippen molar-refractivity contribution in [1.82, 2.24) is 15.4 Å². The van der Waals surface area contributed by atoms with Crippen LogP contribution in [0.4, 0.5) is 0 Å². The van der Waals surface area contributed by atoms with E-state index >= 15 is 0 Å². The topological polar surface area (TPSA) is 108 Å². The minimum absolute atomic E-state index is 0.0514. The van der Waals surface area contributed by atoms with Crippen molar-refractivity contribution in [2.24, 2.45) is 0 Å². The Labute approximate surface area is 205 Å². The van der Waals surface area contributed by atoms with Crippen LogP contribution in [0, 0.1) is 0 Å². The van der Waals surface area contributed by atoms with Crippen LogP contribution in [0.5, 0.6) is 17.5 Å². The molecule has 34 heavy (non-hydrogen) atoms. The molecule has 0 saturated carbocycles. The van der Waals surface area contributed by atoms with E-state index in [9.17, 15) is 4.79 Å². The lowest BCUT2D eigenvalue weighted by Crippen LogP contribution is -2.03. The van der Waals surface area contributed by atoms with Crippen LogP contribution in [0.1, 0.15) is 41.4 Å². The standard InChI is InChI=1S/C24H19Cl2N3O5/c1-13(2)23-16(22(29-34-23)21-17(25)4-3-5-18(21)26)12-32-19-10-11-20(28-27-19)33-15-8-6-14(7-9-15)24(30)31/h3-11,13H,12H2,1-2H3,(H,30,31). The van der Waals surface area contributed by atoms with Crippen LogP contribution < -0.4 is 9.47 Å². The van der Waals surface area contributed by atoms with Gasteiger partial charge in [-0.15, -0.1) is 10.2 Å². The quantitative estimate of drug-likeness (QED) is 0.287. The van der Waals surface area contributed by atoms with Gasteiger partial charge in [0.2, 0.25) is 11.8 Å². The first-order chi connectivity index (χ1) is 16.3. The summed E-state index contributed by atoms with van der Waals surface area (Å²) in [6, 6.07) is 14.4. The Hall–Kier alpha value is -3.62. The van der Waals surface area contributed by atoms with Crippen LogP contribution in [0.2, 0.25) is 10.0 Å². The van der Waals surface area contributed by atoms with Gasteiger partial charge in [-0.3, -0.25) is 0 Å². The Kier molecular flexibility index (Phi) is 7.00. The number of carboxylic acids is 1. The van der Waals surface area contributed by atoms with Gasteiger partial charge in [-0.1, -0.05) is 48.3 Å². The van der Waals surface area contributed by atoms with Gasteiger partial charge in [-0.2, -0.15) is 0 Å². The first-order valence-electron chi connectivity index (χ1n) is 10.2. The van der Waals surface area contributed by atoms with Gasteiger partial charge in [0.15, 0.2) is 0 Å². The Morgan fingerprint density at radius 3 is 2.24 bits per heavy atom. The molecule has 1 N–H and O–H groups in total. The summed E-state index contributed by atoms with van der Waals surface area (Å²) in [5, 5.41) is 22.1. The fraction of sp³-hybridized carbons (Fsp3) is 0.167. The van der Waals surface area contributed by atoms with Gasteiger partial charge in [-0.05, 0) is 36.4 Å². The van der Waals surface area contributed by atoms with Crippen molar-refractivity contribution in [2.45, 2.75) is 26.4 Å². The van der Waals surface area contributed by atoms with Gasteiger partial charge in [0.1, 0.15) is 23.8 Å². The van der Waals surface area contributed by atoms with Crippen molar-refractivity contribution < 1.29 is 23.9 Å². The summed E-state index contributed by atoms with van der Waals surface area (Å²) in [6.45, 7) is 4.08.